The van der Waals surface area contributed by atoms with E-state index < -0.39 is 0 Å². The zero-order chi connectivity index (χ0) is 14.1. The molecular weight excluding hydrogens is 294 g/mol. The zero-order valence-corrected chi connectivity index (χ0v) is 11.8. The van der Waals surface area contributed by atoms with Crippen molar-refractivity contribution in [2.75, 3.05) is 5.32 Å². The van der Waals surface area contributed by atoms with Crippen LogP contribution in [0, 0.1) is 0 Å². The van der Waals surface area contributed by atoms with Gasteiger partial charge in [-0.25, -0.2) is 0 Å². The molecule has 2 N–H and O–H groups in total. The minimum atomic E-state index is -0.248. The number of phenolic OH excluding ortho intramolecular Hbond substituents is 1. The lowest BCUT2D eigenvalue weighted by Crippen LogP contribution is -2.10. The first-order valence-electron chi connectivity index (χ1n) is 5.92. The van der Waals surface area contributed by atoms with E-state index in [2.05, 4.69) is 5.32 Å². The third kappa shape index (κ3) is 2.35. The molecule has 1 heterocycles. The van der Waals surface area contributed by atoms with Crippen molar-refractivity contribution >= 4 is 44.6 Å². The summed E-state index contributed by atoms with van der Waals surface area (Å²) in [6.07, 6.45) is 0. The molecule has 1 aromatic heterocycles. The van der Waals surface area contributed by atoms with Crippen LogP contribution in [0.2, 0.25) is 5.02 Å². The summed E-state index contributed by atoms with van der Waals surface area (Å²) in [4.78, 5) is 12.7. The molecule has 0 saturated carbocycles. The fourth-order valence-electron chi connectivity index (χ4n) is 1.89. The lowest BCUT2D eigenvalue weighted by Gasteiger charge is -2.03. The van der Waals surface area contributed by atoms with Crippen LogP contribution in [0.5, 0.6) is 5.75 Å². The van der Waals surface area contributed by atoms with Crippen molar-refractivity contribution in [2.24, 2.45) is 0 Å². The van der Waals surface area contributed by atoms with Gasteiger partial charge in [0.1, 0.15) is 10.6 Å². The number of phenols is 1. The number of carbonyl (C=O) groups excluding carboxylic acids is 1. The molecule has 0 radical (unpaired) electrons. The molecular formula is C15H10ClNO2S. The molecule has 0 aliphatic carbocycles. The van der Waals surface area contributed by atoms with Crippen molar-refractivity contribution in [3.63, 3.8) is 0 Å². The Bertz CT molecular complexity index is 780. The Morgan fingerprint density at radius 1 is 1.10 bits per heavy atom. The van der Waals surface area contributed by atoms with Gasteiger partial charge in [-0.15, -0.1) is 11.3 Å². The molecule has 0 saturated heterocycles. The van der Waals surface area contributed by atoms with E-state index in [-0.39, 0.29) is 11.7 Å². The molecule has 0 atom stereocenters. The van der Waals surface area contributed by atoms with Gasteiger partial charge in [0.05, 0.1) is 5.02 Å². The first kappa shape index (κ1) is 13.0. The zero-order valence-electron chi connectivity index (χ0n) is 10.3. The summed E-state index contributed by atoms with van der Waals surface area (Å²) in [7, 11) is 0. The first-order chi connectivity index (χ1) is 9.65. The van der Waals surface area contributed by atoms with E-state index in [1.807, 2.05) is 24.3 Å². The molecule has 0 bridgehead atoms. The Balaban J connectivity index is 1.92. The monoisotopic (exact) mass is 303 g/mol. The van der Waals surface area contributed by atoms with Crippen LogP contribution in [0.1, 0.15) is 9.67 Å². The number of halogens is 1. The molecule has 20 heavy (non-hydrogen) atoms. The van der Waals surface area contributed by atoms with Crippen molar-refractivity contribution in [2.45, 2.75) is 0 Å². The normalized spacial score (nSPS) is 10.7. The Morgan fingerprint density at radius 3 is 2.50 bits per heavy atom. The molecule has 1 amide bonds. The highest BCUT2D eigenvalue weighted by atomic mass is 35.5. The average molecular weight is 304 g/mol. The molecule has 100 valence electrons. The summed E-state index contributed by atoms with van der Waals surface area (Å²) in [6.45, 7) is 0. The van der Waals surface area contributed by atoms with E-state index in [1.54, 1.807) is 12.1 Å². The Labute approximate surface area is 124 Å². The van der Waals surface area contributed by atoms with Crippen LogP contribution in [0.25, 0.3) is 10.1 Å². The minimum absolute atomic E-state index is 0.155. The van der Waals surface area contributed by atoms with Gasteiger partial charge in [0.25, 0.3) is 5.91 Å². The van der Waals surface area contributed by atoms with E-state index in [0.29, 0.717) is 15.6 Å². The number of aromatic hydroxyl groups is 1. The maximum absolute atomic E-state index is 12.2. The summed E-state index contributed by atoms with van der Waals surface area (Å²) in [6, 6.07) is 13.9. The number of hydrogen-bond donors (Lipinski definition) is 2. The second-order valence-electron chi connectivity index (χ2n) is 4.24. The average Bonchev–Trinajstić information content (AvgIpc) is 2.79. The van der Waals surface area contributed by atoms with Gasteiger partial charge in [-0.3, -0.25) is 4.79 Å². The van der Waals surface area contributed by atoms with Crippen LogP contribution in [-0.2, 0) is 0 Å². The fraction of sp³-hybridized carbons (Fsp3) is 0. The van der Waals surface area contributed by atoms with Crippen LogP contribution >= 0.6 is 22.9 Å². The molecule has 0 fully saturated rings. The SMILES string of the molecule is O=C(Nc1ccc(O)cc1)c1sc2ccccc2c1Cl. The van der Waals surface area contributed by atoms with Gasteiger partial charge < -0.3 is 10.4 Å². The van der Waals surface area contributed by atoms with E-state index in [0.717, 1.165) is 10.1 Å². The Morgan fingerprint density at radius 2 is 1.80 bits per heavy atom. The molecule has 3 nitrogen and oxygen atoms in total. The molecule has 0 spiro atoms. The molecule has 5 heteroatoms. The van der Waals surface area contributed by atoms with Gasteiger partial charge in [0.15, 0.2) is 0 Å². The number of amides is 1. The number of nitrogens with one attached hydrogen (secondary N) is 1. The van der Waals surface area contributed by atoms with Gasteiger partial charge in [-0.1, -0.05) is 29.8 Å². The Kier molecular flexibility index (Phi) is 3.34. The molecule has 0 unspecified atom stereocenters. The minimum Gasteiger partial charge on any atom is -0.508 e. The largest absolute Gasteiger partial charge is 0.508 e. The number of rotatable bonds is 2. The summed E-state index contributed by atoms with van der Waals surface area (Å²) < 4.78 is 0.980. The summed E-state index contributed by atoms with van der Waals surface area (Å²) in [5, 5.41) is 13.3. The predicted molar refractivity (Wildman–Crippen MR) is 82.9 cm³/mol. The molecule has 2 aromatic carbocycles. The van der Waals surface area contributed by atoms with Crippen LogP contribution in [0.4, 0.5) is 5.69 Å². The fourth-order valence-corrected chi connectivity index (χ4v) is 3.30. The van der Waals surface area contributed by atoms with Gasteiger partial charge in [-0.05, 0) is 30.3 Å². The molecule has 3 rings (SSSR count). The standard InChI is InChI=1S/C15H10ClNO2S/c16-13-11-3-1-2-4-12(11)20-14(13)15(19)17-9-5-7-10(18)8-6-9/h1-8,18H,(H,17,19). The van der Waals surface area contributed by atoms with Gasteiger partial charge in [0, 0.05) is 15.8 Å². The maximum Gasteiger partial charge on any atom is 0.267 e. The summed E-state index contributed by atoms with van der Waals surface area (Å²) in [5.74, 6) is -0.0928. The van der Waals surface area contributed by atoms with E-state index >= 15 is 0 Å². The van der Waals surface area contributed by atoms with Crippen molar-refractivity contribution in [3.05, 3.63) is 58.4 Å². The number of anilines is 1. The smallest absolute Gasteiger partial charge is 0.267 e. The summed E-state index contributed by atoms with van der Waals surface area (Å²) >= 11 is 7.61. The topological polar surface area (TPSA) is 49.3 Å². The molecule has 0 aliphatic rings. The first-order valence-corrected chi connectivity index (χ1v) is 7.12. The van der Waals surface area contributed by atoms with Gasteiger partial charge in [0.2, 0.25) is 0 Å². The summed E-state index contributed by atoms with van der Waals surface area (Å²) in [5.41, 5.74) is 0.612. The third-order valence-electron chi connectivity index (χ3n) is 2.87. The number of thiophene rings is 1. The van der Waals surface area contributed by atoms with Crippen LogP contribution < -0.4 is 5.32 Å². The number of benzene rings is 2. The molecule has 3 aromatic rings. The highest BCUT2D eigenvalue weighted by molar-refractivity contribution is 7.21. The van der Waals surface area contributed by atoms with E-state index in [9.17, 15) is 9.90 Å². The van der Waals surface area contributed by atoms with Crippen molar-refractivity contribution in [3.8, 4) is 5.75 Å². The second kappa shape index (κ2) is 5.15. The van der Waals surface area contributed by atoms with Crippen molar-refractivity contribution < 1.29 is 9.90 Å². The Hall–Kier alpha value is -2.04. The van der Waals surface area contributed by atoms with E-state index in [4.69, 9.17) is 11.6 Å². The van der Waals surface area contributed by atoms with Crippen molar-refractivity contribution in [1.82, 2.24) is 0 Å². The maximum atomic E-state index is 12.2. The van der Waals surface area contributed by atoms with Gasteiger partial charge in [-0.2, -0.15) is 0 Å². The van der Waals surface area contributed by atoms with Crippen LogP contribution in [0.3, 0.4) is 0 Å². The molecule has 0 aliphatic heterocycles. The van der Waals surface area contributed by atoms with Crippen LogP contribution in [-0.4, -0.2) is 11.0 Å². The van der Waals surface area contributed by atoms with Gasteiger partial charge >= 0.3 is 0 Å². The second-order valence-corrected chi connectivity index (χ2v) is 5.67. The van der Waals surface area contributed by atoms with E-state index in [1.165, 1.54) is 23.5 Å². The number of hydrogen-bond acceptors (Lipinski definition) is 3. The highest BCUT2D eigenvalue weighted by Gasteiger charge is 2.16. The number of carbonyl (C=O) groups is 1. The highest BCUT2D eigenvalue weighted by Crippen LogP contribution is 2.35. The lowest BCUT2D eigenvalue weighted by atomic mass is 10.2. The van der Waals surface area contributed by atoms with Crippen molar-refractivity contribution in [1.29, 1.82) is 0 Å². The lowest BCUT2D eigenvalue weighted by molar-refractivity contribution is 0.103. The van der Waals surface area contributed by atoms with Crippen LogP contribution in [0.15, 0.2) is 48.5 Å². The number of fused-ring (bicyclic) bond motifs is 1. The third-order valence-corrected chi connectivity index (χ3v) is 4.54. The quantitative estimate of drug-likeness (QED) is 0.684. The predicted octanol–water partition coefficient (Wildman–Crippen LogP) is 4.51.